The number of carbonyl (C=O) groups is 1. The zero-order valence-electron chi connectivity index (χ0n) is 18.4. The van der Waals surface area contributed by atoms with Crippen LogP contribution in [0.2, 0.25) is 0 Å². The van der Waals surface area contributed by atoms with E-state index in [9.17, 15) is 13.6 Å². The second-order valence-electron chi connectivity index (χ2n) is 8.75. The summed E-state index contributed by atoms with van der Waals surface area (Å²) in [7, 11) is 0. The average molecular weight is 443 g/mol. The van der Waals surface area contributed by atoms with Crippen molar-refractivity contribution in [1.82, 2.24) is 15.0 Å². The summed E-state index contributed by atoms with van der Waals surface area (Å²) >= 11 is 0. The molecule has 0 atom stereocenters. The third kappa shape index (κ3) is 5.11. The van der Waals surface area contributed by atoms with E-state index < -0.39 is 5.92 Å². The van der Waals surface area contributed by atoms with Crippen LogP contribution < -0.4 is 10.1 Å². The third-order valence-electron chi connectivity index (χ3n) is 5.94. The van der Waals surface area contributed by atoms with Crippen molar-refractivity contribution in [2.75, 3.05) is 5.32 Å². The Morgan fingerprint density at radius 3 is 2.53 bits per heavy atom. The topological polar surface area (TPSA) is 77.0 Å². The first-order valence-electron chi connectivity index (χ1n) is 11.2. The number of pyridine rings is 1. The molecule has 2 heterocycles. The molecule has 0 bridgehead atoms. The molecule has 1 N–H and O–H groups in total. The number of anilines is 1. The molecule has 8 heteroatoms. The van der Waals surface area contributed by atoms with Gasteiger partial charge in [-0.05, 0) is 57.6 Å². The fourth-order valence-electron chi connectivity index (χ4n) is 4.31. The first kappa shape index (κ1) is 22.3. The van der Waals surface area contributed by atoms with E-state index in [1.54, 1.807) is 6.20 Å². The minimum Gasteiger partial charge on any atom is -0.461 e. The van der Waals surface area contributed by atoms with Crippen LogP contribution in [0.25, 0.3) is 5.57 Å². The Hall–Kier alpha value is -2.90. The van der Waals surface area contributed by atoms with E-state index >= 15 is 0 Å². The largest absolute Gasteiger partial charge is 0.461 e. The van der Waals surface area contributed by atoms with Gasteiger partial charge >= 0.3 is 6.01 Å². The molecule has 32 heavy (non-hydrogen) atoms. The van der Waals surface area contributed by atoms with Crippen molar-refractivity contribution in [2.24, 2.45) is 0 Å². The third-order valence-corrected chi connectivity index (χ3v) is 5.94. The van der Waals surface area contributed by atoms with Crippen LogP contribution in [0.1, 0.15) is 86.3 Å². The normalized spacial score (nSPS) is 18.5. The highest BCUT2D eigenvalue weighted by Crippen LogP contribution is 2.44. The molecule has 0 saturated heterocycles. The molecular formula is C24H28F2N4O2. The molecule has 0 aromatic carbocycles. The standard InChI is InChI=1S/C24H28F2N4O2/c1-15(2)32-23-28-13-18(14-29-23)22(31)30-21-19(16-5-3-4-6-16)9-12-27-20(21)17-7-10-24(25,26)11-8-17/h5,9,12-15,17H,3-4,6-8,10-11H2,1-2H3,(H,30,31). The van der Waals surface area contributed by atoms with E-state index in [-0.39, 0.29) is 42.3 Å². The molecule has 1 amide bonds. The van der Waals surface area contributed by atoms with Gasteiger partial charge in [0.05, 0.1) is 23.0 Å². The summed E-state index contributed by atoms with van der Waals surface area (Å²) in [6.45, 7) is 3.74. The number of allylic oxidation sites excluding steroid dienone is 2. The van der Waals surface area contributed by atoms with E-state index in [1.165, 1.54) is 12.4 Å². The van der Waals surface area contributed by atoms with Gasteiger partial charge in [-0.25, -0.2) is 18.7 Å². The molecule has 2 aliphatic carbocycles. The summed E-state index contributed by atoms with van der Waals surface area (Å²) in [5.41, 5.74) is 3.65. The molecule has 1 fully saturated rings. The van der Waals surface area contributed by atoms with Crippen molar-refractivity contribution >= 4 is 17.2 Å². The SMILES string of the molecule is CC(C)Oc1ncc(C(=O)Nc2c(C3=CCCC3)ccnc2C2CCC(F)(F)CC2)cn1. The minimum atomic E-state index is -2.62. The summed E-state index contributed by atoms with van der Waals surface area (Å²) in [4.78, 5) is 25.8. The number of halogens is 2. The maximum atomic E-state index is 13.7. The van der Waals surface area contributed by atoms with E-state index in [0.717, 1.165) is 30.4 Å². The van der Waals surface area contributed by atoms with Crippen molar-refractivity contribution in [3.05, 3.63) is 47.6 Å². The maximum absolute atomic E-state index is 13.7. The number of hydrogen-bond acceptors (Lipinski definition) is 5. The fourth-order valence-corrected chi connectivity index (χ4v) is 4.31. The number of alkyl halides is 2. The van der Waals surface area contributed by atoms with Crippen LogP contribution in [-0.4, -0.2) is 32.9 Å². The number of nitrogens with zero attached hydrogens (tertiary/aromatic N) is 3. The summed E-state index contributed by atoms with van der Waals surface area (Å²) in [6, 6.07) is 2.10. The summed E-state index contributed by atoms with van der Waals surface area (Å²) in [5.74, 6) is -3.11. The van der Waals surface area contributed by atoms with Gasteiger partial charge in [-0.15, -0.1) is 0 Å². The first-order valence-corrected chi connectivity index (χ1v) is 11.2. The number of carbonyl (C=O) groups excluding carboxylic acids is 1. The van der Waals surface area contributed by atoms with Crippen LogP contribution in [0.4, 0.5) is 14.5 Å². The lowest BCUT2D eigenvalue weighted by Crippen LogP contribution is -2.25. The van der Waals surface area contributed by atoms with Crippen LogP contribution >= 0.6 is 0 Å². The highest BCUT2D eigenvalue weighted by Gasteiger charge is 2.37. The first-order chi connectivity index (χ1) is 15.3. The molecule has 0 unspecified atom stereocenters. The van der Waals surface area contributed by atoms with E-state index in [2.05, 4.69) is 26.3 Å². The molecule has 0 aliphatic heterocycles. The molecule has 2 aromatic rings. The van der Waals surface area contributed by atoms with Crippen molar-refractivity contribution in [3.63, 3.8) is 0 Å². The Labute approximate surface area is 186 Å². The second-order valence-corrected chi connectivity index (χ2v) is 8.75. The van der Waals surface area contributed by atoms with Gasteiger partial charge < -0.3 is 10.1 Å². The minimum absolute atomic E-state index is 0.0715. The Kier molecular flexibility index (Phi) is 6.48. The fraction of sp³-hybridized carbons (Fsp3) is 0.500. The number of nitrogens with one attached hydrogen (secondary N) is 1. The Morgan fingerprint density at radius 2 is 1.91 bits per heavy atom. The van der Waals surface area contributed by atoms with Crippen LogP contribution in [0, 0.1) is 0 Å². The van der Waals surface area contributed by atoms with Gasteiger partial charge in [-0.2, -0.15) is 0 Å². The van der Waals surface area contributed by atoms with Gasteiger partial charge in [0, 0.05) is 42.9 Å². The zero-order chi connectivity index (χ0) is 22.7. The quantitative estimate of drug-likeness (QED) is 0.614. The molecule has 2 aliphatic rings. The molecular weight excluding hydrogens is 414 g/mol. The summed E-state index contributed by atoms with van der Waals surface area (Å²) in [5, 5.41) is 3.00. The van der Waals surface area contributed by atoms with E-state index in [1.807, 2.05) is 19.9 Å². The molecule has 1 saturated carbocycles. The van der Waals surface area contributed by atoms with Crippen molar-refractivity contribution in [3.8, 4) is 6.01 Å². The van der Waals surface area contributed by atoms with Crippen LogP contribution in [-0.2, 0) is 0 Å². The lowest BCUT2D eigenvalue weighted by Gasteiger charge is -2.29. The predicted octanol–water partition coefficient (Wildman–Crippen LogP) is 5.77. The van der Waals surface area contributed by atoms with Gasteiger partial charge in [-0.3, -0.25) is 9.78 Å². The van der Waals surface area contributed by atoms with Crippen molar-refractivity contribution in [2.45, 2.75) is 76.7 Å². The van der Waals surface area contributed by atoms with Gasteiger partial charge in [0.15, 0.2) is 0 Å². The van der Waals surface area contributed by atoms with Crippen LogP contribution in [0.5, 0.6) is 6.01 Å². The zero-order valence-corrected chi connectivity index (χ0v) is 18.4. The maximum Gasteiger partial charge on any atom is 0.316 e. The van der Waals surface area contributed by atoms with E-state index in [0.29, 0.717) is 24.2 Å². The van der Waals surface area contributed by atoms with Crippen LogP contribution in [0.15, 0.2) is 30.7 Å². The van der Waals surface area contributed by atoms with Crippen molar-refractivity contribution < 1.29 is 18.3 Å². The van der Waals surface area contributed by atoms with E-state index in [4.69, 9.17) is 4.74 Å². The summed E-state index contributed by atoms with van der Waals surface area (Å²) < 4.78 is 32.9. The number of rotatable bonds is 6. The lowest BCUT2D eigenvalue weighted by atomic mass is 9.83. The van der Waals surface area contributed by atoms with Gasteiger partial charge in [0.1, 0.15) is 0 Å². The number of hydrogen-bond donors (Lipinski definition) is 1. The molecule has 2 aromatic heterocycles. The predicted molar refractivity (Wildman–Crippen MR) is 118 cm³/mol. The monoisotopic (exact) mass is 442 g/mol. The second kappa shape index (κ2) is 9.30. The summed E-state index contributed by atoms with van der Waals surface area (Å²) in [6.07, 6.45) is 9.98. The lowest BCUT2D eigenvalue weighted by molar-refractivity contribution is -0.0384. The molecule has 4 rings (SSSR count). The molecule has 0 radical (unpaired) electrons. The number of ether oxygens (including phenoxy) is 1. The molecule has 6 nitrogen and oxygen atoms in total. The number of amides is 1. The Morgan fingerprint density at radius 1 is 1.19 bits per heavy atom. The van der Waals surface area contributed by atoms with Gasteiger partial charge in [-0.1, -0.05) is 6.08 Å². The molecule has 0 spiro atoms. The van der Waals surface area contributed by atoms with Crippen molar-refractivity contribution in [1.29, 1.82) is 0 Å². The highest BCUT2D eigenvalue weighted by molar-refractivity contribution is 6.05. The Bertz CT molecular complexity index is 996. The smallest absolute Gasteiger partial charge is 0.316 e. The Balaban J connectivity index is 1.63. The van der Waals surface area contributed by atoms with Gasteiger partial charge in [0.25, 0.3) is 5.91 Å². The average Bonchev–Trinajstić information content (AvgIpc) is 3.29. The van der Waals surface area contributed by atoms with Crippen LogP contribution in [0.3, 0.4) is 0 Å². The van der Waals surface area contributed by atoms with Gasteiger partial charge in [0.2, 0.25) is 5.92 Å². The highest BCUT2D eigenvalue weighted by atomic mass is 19.3. The number of aromatic nitrogens is 3. The molecule has 170 valence electrons.